The largest absolute Gasteiger partial charge is 0.477 e. The van der Waals surface area contributed by atoms with Gasteiger partial charge in [0.15, 0.2) is 0 Å². The van der Waals surface area contributed by atoms with Gasteiger partial charge in [-0.05, 0) is 25.5 Å². The molecule has 0 fully saturated rings. The number of carbonyl (C=O) groups is 1. The maximum atomic E-state index is 11.2. The first-order valence-corrected chi connectivity index (χ1v) is 5.36. The average molecular weight is 262 g/mol. The van der Waals surface area contributed by atoms with Gasteiger partial charge in [0.2, 0.25) is 0 Å². The molecule has 0 amide bonds. The van der Waals surface area contributed by atoms with Crippen molar-refractivity contribution < 1.29 is 19.3 Å². The number of hydrogen-bond acceptors (Lipinski definition) is 5. The number of nitrogens with zero attached hydrogens (tertiary/aromatic N) is 2. The summed E-state index contributed by atoms with van der Waals surface area (Å²) in [5.74, 6) is -1.12. The van der Waals surface area contributed by atoms with Gasteiger partial charge in [-0.25, -0.2) is 4.79 Å². The lowest BCUT2D eigenvalue weighted by atomic mass is 10.0. The molecule has 0 atom stereocenters. The van der Waals surface area contributed by atoms with Crippen molar-refractivity contribution >= 4 is 11.7 Å². The number of rotatable bonds is 3. The highest BCUT2D eigenvalue weighted by Gasteiger charge is 2.26. The molecule has 98 valence electrons. The van der Waals surface area contributed by atoms with Crippen molar-refractivity contribution in [2.45, 2.75) is 13.8 Å². The predicted octanol–water partition coefficient (Wildman–Crippen LogP) is 2.56. The van der Waals surface area contributed by atoms with E-state index in [1.165, 1.54) is 19.1 Å². The summed E-state index contributed by atoms with van der Waals surface area (Å²) < 4.78 is 4.82. The first kappa shape index (κ1) is 12.7. The van der Waals surface area contributed by atoms with Crippen LogP contribution in [0.25, 0.3) is 11.3 Å². The molecule has 0 radical (unpaired) electrons. The van der Waals surface area contributed by atoms with Crippen LogP contribution in [0.2, 0.25) is 0 Å². The van der Waals surface area contributed by atoms with Gasteiger partial charge >= 0.3 is 5.97 Å². The van der Waals surface area contributed by atoms with Crippen LogP contribution in [0, 0.1) is 24.0 Å². The molecule has 0 unspecified atom stereocenters. The van der Waals surface area contributed by atoms with Crippen LogP contribution >= 0.6 is 0 Å². The lowest BCUT2D eigenvalue weighted by Gasteiger charge is -2.02. The van der Waals surface area contributed by atoms with Crippen molar-refractivity contribution in [2.24, 2.45) is 0 Å². The van der Waals surface area contributed by atoms with E-state index in [1.807, 2.05) is 0 Å². The van der Waals surface area contributed by atoms with E-state index < -0.39 is 10.9 Å². The topological polar surface area (TPSA) is 106 Å². The van der Waals surface area contributed by atoms with E-state index in [-0.39, 0.29) is 28.3 Å². The predicted molar refractivity (Wildman–Crippen MR) is 65.0 cm³/mol. The van der Waals surface area contributed by atoms with E-state index in [0.717, 1.165) is 0 Å². The molecule has 2 rings (SSSR count). The molecule has 1 aromatic heterocycles. The highest BCUT2D eigenvalue weighted by molar-refractivity contribution is 5.97. The van der Waals surface area contributed by atoms with Crippen LogP contribution in [0.5, 0.6) is 0 Å². The first-order valence-electron chi connectivity index (χ1n) is 5.36. The van der Waals surface area contributed by atoms with Gasteiger partial charge in [0.1, 0.15) is 17.0 Å². The van der Waals surface area contributed by atoms with Crippen molar-refractivity contribution in [3.05, 3.63) is 45.2 Å². The van der Waals surface area contributed by atoms with Gasteiger partial charge in [0.05, 0.1) is 10.5 Å². The fraction of sp³-hybridized carbons (Fsp3) is 0.167. The van der Waals surface area contributed by atoms with Crippen molar-refractivity contribution in [1.29, 1.82) is 0 Å². The number of aromatic nitrogens is 1. The molecule has 19 heavy (non-hydrogen) atoms. The molecular formula is C12H10N2O5. The second kappa shape index (κ2) is 4.52. The summed E-state index contributed by atoms with van der Waals surface area (Å²) in [6.45, 7) is 3.16. The van der Waals surface area contributed by atoms with Crippen molar-refractivity contribution in [3.63, 3.8) is 0 Å². The Hall–Kier alpha value is -2.70. The number of nitro benzene ring substituents is 1. The van der Waals surface area contributed by atoms with Gasteiger partial charge < -0.3 is 9.63 Å². The van der Waals surface area contributed by atoms with Crippen LogP contribution in [0.3, 0.4) is 0 Å². The molecule has 0 aliphatic carbocycles. The fourth-order valence-electron chi connectivity index (χ4n) is 1.80. The van der Waals surface area contributed by atoms with E-state index in [4.69, 9.17) is 9.63 Å². The molecule has 0 bridgehead atoms. The van der Waals surface area contributed by atoms with Gasteiger partial charge in [0, 0.05) is 6.07 Å². The number of aromatic carboxylic acids is 1. The molecule has 7 heteroatoms. The third kappa shape index (κ3) is 2.17. The van der Waals surface area contributed by atoms with Crippen LogP contribution in [0.1, 0.15) is 21.7 Å². The van der Waals surface area contributed by atoms with Gasteiger partial charge in [-0.3, -0.25) is 10.1 Å². The number of carboxylic acids is 1. The summed E-state index contributed by atoms with van der Waals surface area (Å²) >= 11 is 0. The molecule has 1 heterocycles. The summed E-state index contributed by atoms with van der Waals surface area (Å²) in [6, 6.07) is 4.49. The fourth-order valence-corrected chi connectivity index (χ4v) is 1.80. The third-order valence-electron chi connectivity index (χ3n) is 2.68. The maximum absolute atomic E-state index is 11.2. The Balaban J connectivity index is 2.72. The monoisotopic (exact) mass is 262 g/mol. The Morgan fingerprint density at radius 1 is 1.42 bits per heavy atom. The molecule has 1 aromatic carbocycles. The summed E-state index contributed by atoms with van der Waals surface area (Å²) in [5, 5.41) is 23.8. The molecule has 0 aliphatic heterocycles. The quantitative estimate of drug-likeness (QED) is 0.672. The zero-order valence-corrected chi connectivity index (χ0v) is 10.2. The molecular weight excluding hydrogens is 252 g/mol. The number of benzene rings is 1. The molecule has 0 saturated carbocycles. The van der Waals surface area contributed by atoms with Gasteiger partial charge in [-0.2, -0.15) is 0 Å². The second-order valence-corrected chi connectivity index (χ2v) is 4.05. The number of nitro groups is 1. The van der Waals surface area contributed by atoms with E-state index in [2.05, 4.69) is 5.16 Å². The Morgan fingerprint density at radius 2 is 2.11 bits per heavy atom. The SMILES string of the molecule is Cc1ccc(-c2noc(C)c2C(=O)O)c([N+](=O)[O-])c1. The molecule has 1 N–H and O–H groups in total. The van der Waals surface area contributed by atoms with Crippen LogP contribution in [0.15, 0.2) is 22.7 Å². The smallest absolute Gasteiger partial charge is 0.341 e. The van der Waals surface area contributed by atoms with Crippen LogP contribution in [-0.4, -0.2) is 21.2 Å². The lowest BCUT2D eigenvalue weighted by molar-refractivity contribution is -0.384. The normalized spacial score (nSPS) is 10.4. The van der Waals surface area contributed by atoms with E-state index in [1.54, 1.807) is 13.0 Å². The summed E-state index contributed by atoms with van der Waals surface area (Å²) in [4.78, 5) is 21.6. The van der Waals surface area contributed by atoms with Crippen LogP contribution < -0.4 is 0 Å². The van der Waals surface area contributed by atoms with E-state index >= 15 is 0 Å². The minimum Gasteiger partial charge on any atom is -0.477 e. The van der Waals surface area contributed by atoms with E-state index in [0.29, 0.717) is 5.56 Å². The summed E-state index contributed by atoms with van der Waals surface area (Å²) in [5.41, 5.74) is 0.442. The Kier molecular flexibility index (Phi) is 3.04. The molecule has 7 nitrogen and oxygen atoms in total. The van der Waals surface area contributed by atoms with Gasteiger partial charge in [0.25, 0.3) is 5.69 Å². The van der Waals surface area contributed by atoms with Gasteiger partial charge in [-0.15, -0.1) is 0 Å². The van der Waals surface area contributed by atoms with Gasteiger partial charge in [-0.1, -0.05) is 11.2 Å². The van der Waals surface area contributed by atoms with Crippen LogP contribution in [0.4, 0.5) is 5.69 Å². The lowest BCUT2D eigenvalue weighted by Crippen LogP contribution is -2.01. The van der Waals surface area contributed by atoms with Crippen molar-refractivity contribution in [3.8, 4) is 11.3 Å². The summed E-state index contributed by atoms with van der Waals surface area (Å²) in [7, 11) is 0. The van der Waals surface area contributed by atoms with Crippen LogP contribution in [-0.2, 0) is 0 Å². The molecule has 0 spiro atoms. The zero-order valence-electron chi connectivity index (χ0n) is 10.2. The molecule has 2 aromatic rings. The second-order valence-electron chi connectivity index (χ2n) is 4.05. The number of aryl methyl sites for hydroxylation is 2. The number of carboxylic acid groups (broad SMARTS) is 1. The standard InChI is InChI=1S/C12H10N2O5/c1-6-3-4-8(9(5-6)14(17)18)11-10(12(15)16)7(2)19-13-11/h3-5H,1-2H3,(H,15,16). The zero-order chi connectivity index (χ0) is 14.2. The first-order chi connectivity index (χ1) is 8.91. The molecule has 0 aliphatic rings. The highest BCUT2D eigenvalue weighted by atomic mass is 16.6. The minimum atomic E-state index is -1.23. The third-order valence-corrected chi connectivity index (χ3v) is 2.68. The van der Waals surface area contributed by atoms with E-state index in [9.17, 15) is 14.9 Å². The Bertz CT molecular complexity index is 675. The van der Waals surface area contributed by atoms with Crippen molar-refractivity contribution in [1.82, 2.24) is 5.16 Å². The molecule has 0 saturated heterocycles. The Labute approximate surface area is 107 Å². The average Bonchev–Trinajstić information content (AvgIpc) is 2.70. The van der Waals surface area contributed by atoms with Crippen molar-refractivity contribution in [2.75, 3.05) is 0 Å². The highest BCUT2D eigenvalue weighted by Crippen LogP contribution is 2.33. The maximum Gasteiger partial charge on any atom is 0.341 e. The minimum absolute atomic E-state index is 0.0308. The summed E-state index contributed by atoms with van der Waals surface area (Å²) in [6.07, 6.45) is 0. The Morgan fingerprint density at radius 3 is 2.68 bits per heavy atom. The number of hydrogen-bond donors (Lipinski definition) is 1.